The molecule has 0 bridgehead atoms. The second kappa shape index (κ2) is 4.93. The summed E-state index contributed by atoms with van der Waals surface area (Å²) < 4.78 is 28.4. The number of phosphoric ester groups is 1. The van der Waals surface area contributed by atoms with Crippen LogP contribution >= 0.6 is 7.82 Å². The maximum Gasteiger partial charge on any atom is 0.588 e. The van der Waals surface area contributed by atoms with Crippen molar-refractivity contribution >= 4 is 7.82 Å². The number of pyridine rings is 1. The Hall–Kier alpha value is -1.84. The highest BCUT2D eigenvalue weighted by Gasteiger charge is 2.36. The van der Waals surface area contributed by atoms with E-state index in [1.54, 1.807) is 24.3 Å². The van der Waals surface area contributed by atoms with Crippen LogP contribution in [0.1, 0.15) is 17.0 Å². The molecule has 0 fully saturated rings. The molecule has 0 spiro atoms. The van der Waals surface area contributed by atoms with Crippen LogP contribution in [0.2, 0.25) is 0 Å². The largest absolute Gasteiger partial charge is 0.588 e. The molecule has 2 aromatic rings. The van der Waals surface area contributed by atoms with Gasteiger partial charge >= 0.3 is 7.82 Å². The van der Waals surface area contributed by atoms with Gasteiger partial charge in [0.1, 0.15) is 18.1 Å². The highest BCUT2D eigenvalue weighted by atomic mass is 31.2. The van der Waals surface area contributed by atoms with Crippen molar-refractivity contribution in [3.05, 3.63) is 53.3 Å². The first kappa shape index (κ1) is 13.2. The summed E-state index contributed by atoms with van der Waals surface area (Å²) in [7, 11) is -3.64. The molecule has 0 saturated carbocycles. The van der Waals surface area contributed by atoms with Gasteiger partial charge < -0.3 is 9.05 Å². The second-order valence-corrected chi connectivity index (χ2v) is 6.13. The van der Waals surface area contributed by atoms with Crippen molar-refractivity contribution in [3.8, 4) is 11.5 Å². The number of hydrogen-bond donors (Lipinski definition) is 0. The van der Waals surface area contributed by atoms with Gasteiger partial charge in [-0.1, -0.05) is 17.7 Å². The van der Waals surface area contributed by atoms with E-state index in [0.717, 1.165) is 11.3 Å². The fraction of sp³-hybridized carbons (Fsp3) is 0.214. The smallest absolute Gasteiger partial charge is 0.395 e. The summed E-state index contributed by atoms with van der Waals surface area (Å²) in [4.78, 5) is 4.27. The van der Waals surface area contributed by atoms with Gasteiger partial charge in [0.05, 0.1) is 0 Å². The first-order chi connectivity index (χ1) is 9.54. The Bertz CT molecular complexity index is 684. The molecule has 2 heterocycles. The zero-order valence-electron chi connectivity index (χ0n) is 11.2. The molecule has 0 N–H and O–H groups in total. The summed E-state index contributed by atoms with van der Waals surface area (Å²) in [5, 5.41) is 0. The normalized spacial score (nSPS) is 20.9. The molecule has 1 atom stereocenters. The van der Waals surface area contributed by atoms with Crippen LogP contribution in [-0.2, 0) is 15.7 Å². The van der Waals surface area contributed by atoms with Crippen LogP contribution in [-0.4, -0.2) is 4.98 Å². The third-order valence-electron chi connectivity index (χ3n) is 2.88. The van der Waals surface area contributed by atoms with Crippen LogP contribution in [0.15, 0.2) is 36.4 Å². The molecule has 5 nitrogen and oxygen atoms in total. The van der Waals surface area contributed by atoms with E-state index in [-0.39, 0.29) is 6.61 Å². The van der Waals surface area contributed by atoms with E-state index in [2.05, 4.69) is 4.98 Å². The predicted octanol–water partition coefficient (Wildman–Crippen LogP) is 3.79. The van der Waals surface area contributed by atoms with Gasteiger partial charge in [0.25, 0.3) is 0 Å². The summed E-state index contributed by atoms with van der Waals surface area (Å²) in [5.41, 5.74) is 2.57. The molecule has 1 aliphatic heterocycles. The monoisotopic (exact) mass is 291 g/mol. The summed E-state index contributed by atoms with van der Waals surface area (Å²) in [6, 6.07) is 10.7. The van der Waals surface area contributed by atoms with E-state index in [0.29, 0.717) is 17.2 Å². The van der Waals surface area contributed by atoms with Crippen molar-refractivity contribution in [1.29, 1.82) is 0 Å². The quantitative estimate of drug-likeness (QED) is 0.788. The van der Waals surface area contributed by atoms with Crippen LogP contribution in [0.5, 0.6) is 11.5 Å². The lowest BCUT2D eigenvalue weighted by molar-refractivity contribution is 0.178. The van der Waals surface area contributed by atoms with Crippen LogP contribution < -0.4 is 9.05 Å². The summed E-state index contributed by atoms with van der Waals surface area (Å²) in [5.74, 6) is 0.889. The number of aromatic nitrogens is 1. The average Bonchev–Trinajstić information content (AvgIpc) is 2.42. The minimum Gasteiger partial charge on any atom is -0.395 e. The number of nitrogens with zero attached hydrogens (tertiary/aromatic N) is 1. The van der Waals surface area contributed by atoms with E-state index in [1.165, 1.54) is 0 Å². The Kier molecular flexibility index (Phi) is 3.24. The van der Waals surface area contributed by atoms with Crippen molar-refractivity contribution in [2.75, 3.05) is 0 Å². The Morgan fingerprint density at radius 2 is 1.90 bits per heavy atom. The number of rotatable bonds is 2. The molecule has 0 aliphatic carbocycles. The van der Waals surface area contributed by atoms with Crippen molar-refractivity contribution < 1.29 is 18.1 Å². The van der Waals surface area contributed by atoms with Gasteiger partial charge in [-0.25, -0.2) is 4.57 Å². The van der Waals surface area contributed by atoms with Gasteiger partial charge in [-0.15, -0.1) is 0 Å². The van der Waals surface area contributed by atoms with Crippen LogP contribution in [0.25, 0.3) is 0 Å². The van der Waals surface area contributed by atoms with Crippen LogP contribution in [0.3, 0.4) is 0 Å². The van der Waals surface area contributed by atoms with E-state index < -0.39 is 7.82 Å². The topological polar surface area (TPSA) is 57.7 Å². The number of phosphoric acid groups is 1. The van der Waals surface area contributed by atoms with Gasteiger partial charge in [0, 0.05) is 5.69 Å². The van der Waals surface area contributed by atoms with E-state index >= 15 is 0 Å². The molecule has 6 heteroatoms. The van der Waals surface area contributed by atoms with Crippen molar-refractivity contribution in [1.82, 2.24) is 4.98 Å². The van der Waals surface area contributed by atoms with E-state index in [9.17, 15) is 4.57 Å². The van der Waals surface area contributed by atoms with Gasteiger partial charge in [-0.05, 0) is 38.1 Å². The molecular weight excluding hydrogens is 277 g/mol. The Morgan fingerprint density at radius 1 is 1.15 bits per heavy atom. The molecular formula is C14H14NO4P. The zero-order chi connectivity index (χ0) is 14.2. The lowest BCUT2D eigenvalue weighted by atomic mass is 10.2. The first-order valence-corrected chi connectivity index (χ1v) is 7.67. The predicted molar refractivity (Wildman–Crippen MR) is 73.8 cm³/mol. The molecule has 0 radical (unpaired) electrons. The summed E-state index contributed by atoms with van der Waals surface area (Å²) >= 11 is 0. The van der Waals surface area contributed by atoms with Crippen LogP contribution in [0, 0.1) is 13.8 Å². The van der Waals surface area contributed by atoms with Crippen molar-refractivity contribution in [2.45, 2.75) is 20.5 Å². The molecule has 0 saturated heterocycles. The molecule has 0 amide bonds. The minimum absolute atomic E-state index is 0.111. The maximum atomic E-state index is 12.4. The number of fused-ring (bicyclic) bond motifs is 1. The molecule has 1 aliphatic rings. The number of aryl methyl sites for hydroxylation is 2. The van der Waals surface area contributed by atoms with E-state index in [1.807, 2.05) is 26.0 Å². The minimum atomic E-state index is -3.64. The van der Waals surface area contributed by atoms with Gasteiger partial charge in [-0.3, -0.25) is 9.51 Å². The van der Waals surface area contributed by atoms with Crippen molar-refractivity contribution in [3.63, 3.8) is 0 Å². The number of hydrogen-bond acceptors (Lipinski definition) is 5. The van der Waals surface area contributed by atoms with E-state index in [4.69, 9.17) is 13.6 Å². The first-order valence-electron chi connectivity index (χ1n) is 6.21. The fourth-order valence-corrected chi connectivity index (χ4v) is 3.05. The molecule has 1 unspecified atom stereocenters. The molecule has 20 heavy (non-hydrogen) atoms. The Morgan fingerprint density at radius 3 is 2.65 bits per heavy atom. The maximum absolute atomic E-state index is 12.4. The molecule has 104 valence electrons. The lowest BCUT2D eigenvalue weighted by Gasteiger charge is -2.24. The van der Waals surface area contributed by atoms with Crippen LogP contribution in [0.4, 0.5) is 0 Å². The average molecular weight is 291 g/mol. The molecule has 1 aromatic carbocycles. The van der Waals surface area contributed by atoms with Gasteiger partial charge in [-0.2, -0.15) is 0 Å². The number of benzene rings is 1. The fourth-order valence-electron chi connectivity index (χ4n) is 1.84. The van der Waals surface area contributed by atoms with Gasteiger partial charge in [0.15, 0.2) is 5.75 Å². The molecule has 1 aromatic heterocycles. The standard InChI is InChI=1S/C14H14NO4P/c1-10-3-6-12(7-4-10)18-20(16)17-9-13-14(19-20)8-5-11(2)15-13/h3-8H,9H2,1-2H3. The zero-order valence-corrected chi connectivity index (χ0v) is 12.1. The Labute approximate surface area is 117 Å². The highest BCUT2D eigenvalue weighted by molar-refractivity contribution is 7.49. The summed E-state index contributed by atoms with van der Waals surface area (Å²) in [6.45, 7) is 3.95. The second-order valence-electron chi connectivity index (χ2n) is 4.61. The Balaban J connectivity index is 1.82. The SMILES string of the molecule is Cc1ccc(OP2(=O)OCc3nc(C)ccc3O2)cc1. The third-order valence-corrected chi connectivity index (χ3v) is 4.18. The van der Waals surface area contributed by atoms with Gasteiger partial charge in [0.2, 0.25) is 0 Å². The lowest BCUT2D eigenvalue weighted by Crippen LogP contribution is -2.13. The van der Waals surface area contributed by atoms with Crippen molar-refractivity contribution in [2.24, 2.45) is 0 Å². The summed E-state index contributed by atoms with van der Waals surface area (Å²) in [6.07, 6.45) is 0. The third kappa shape index (κ3) is 2.69. The highest BCUT2D eigenvalue weighted by Crippen LogP contribution is 2.53. The molecule has 3 rings (SSSR count).